The van der Waals surface area contributed by atoms with Gasteiger partial charge in [-0.15, -0.1) is 0 Å². The summed E-state index contributed by atoms with van der Waals surface area (Å²) < 4.78 is 5.17. The molecule has 3 heteroatoms. The number of hydrogen-bond acceptors (Lipinski definition) is 2. The maximum absolute atomic E-state index is 10.3. The summed E-state index contributed by atoms with van der Waals surface area (Å²) in [6, 6.07) is 0. The highest BCUT2D eigenvalue weighted by Crippen LogP contribution is 2.21. The quantitative estimate of drug-likeness (QED) is 0.629. The standard InChI is InChI=1S/C7H12O3/c1-2-5-3-4-6(10-5)7(8)9/h5-6H,2-4H2,1H3,(H,8,9). The molecule has 3 nitrogen and oxygen atoms in total. The molecule has 1 aliphatic rings. The minimum absolute atomic E-state index is 0.182. The summed E-state index contributed by atoms with van der Waals surface area (Å²) in [6.07, 6.45) is 2.14. The van der Waals surface area contributed by atoms with Crippen molar-refractivity contribution >= 4 is 5.97 Å². The van der Waals surface area contributed by atoms with Gasteiger partial charge in [0.15, 0.2) is 6.10 Å². The number of ether oxygens (including phenoxy) is 1. The molecule has 0 saturated carbocycles. The van der Waals surface area contributed by atoms with Crippen molar-refractivity contribution in [2.45, 2.75) is 38.4 Å². The normalized spacial score (nSPS) is 32.5. The van der Waals surface area contributed by atoms with Crippen molar-refractivity contribution in [3.05, 3.63) is 0 Å². The Hall–Kier alpha value is -0.570. The van der Waals surface area contributed by atoms with Gasteiger partial charge in [0.25, 0.3) is 0 Å². The number of hydrogen-bond donors (Lipinski definition) is 1. The Bertz CT molecular complexity index is 133. The maximum atomic E-state index is 10.3. The fourth-order valence-corrected chi connectivity index (χ4v) is 1.19. The SMILES string of the molecule is CCC1CCC(C(=O)O)O1. The third kappa shape index (κ3) is 1.48. The van der Waals surface area contributed by atoms with Crippen LogP contribution in [0.25, 0.3) is 0 Å². The van der Waals surface area contributed by atoms with Crippen molar-refractivity contribution < 1.29 is 14.6 Å². The molecule has 0 bridgehead atoms. The van der Waals surface area contributed by atoms with Crippen molar-refractivity contribution in [2.24, 2.45) is 0 Å². The number of aliphatic carboxylic acids is 1. The summed E-state index contributed by atoms with van der Waals surface area (Å²) in [6.45, 7) is 2.01. The van der Waals surface area contributed by atoms with E-state index in [9.17, 15) is 4.79 Å². The molecule has 2 atom stereocenters. The Balaban J connectivity index is 2.35. The molecular formula is C7H12O3. The Morgan fingerprint density at radius 3 is 2.70 bits per heavy atom. The molecule has 1 aliphatic heterocycles. The predicted octanol–water partition coefficient (Wildman–Crippen LogP) is 1.03. The molecule has 0 aromatic heterocycles. The molecule has 0 radical (unpaired) electrons. The van der Waals surface area contributed by atoms with Crippen molar-refractivity contribution in [1.82, 2.24) is 0 Å². The van der Waals surface area contributed by atoms with Crippen LogP contribution in [-0.4, -0.2) is 23.3 Å². The maximum Gasteiger partial charge on any atom is 0.332 e. The Morgan fingerprint density at radius 2 is 2.40 bits per heavy atom. The lowest BCUT2D eigenvalue weighted by Crippen LogP contribution is -2.20. The molecule has 1 fully saturated rings. The Kier molecular flexibility index (Phi) is 2.27. The first-order chi connectivity index (χ1) is 4.74. The Morgan fingerprint density at radius 1 is 1.70 bits per heavy atom. The fourth-order valence-electron chi connectivity index (χ4n) is 1.19. The minimum atomic E-state index is -0.823. The van der Waals surface area contributed by atoms with Crippen LogP contribution in [0.3, 0.4) is 0 Å². The van der Waals surface area contributed by atoms with Crippen LogP contribution in [0.2, 0.25) is 0 Å². The van der Waals surface area contributed by atoms with Gasteiger partial charge in [0.05, 0.1) is 6.10 Å². The zero-order chi connectivity index (χ0) is 7.56. The number of carbonyl (C=O) groups is 1. The van der Waals surface area contributed by atoms with E-state index < -0.39 is 12.1 Å². The van der Waals surface area contributed by atoms with Gasteiger partial charge in [-0.25, -0.2) is 4.79 Å². The van der Waals surface area contributed by atoms with Gasteiger partial charge in [0, 0.05) is 0 Å². The van der Waals surface area contributed by atoms with Crippen LogP contribution < -0.4 is 0 Å². The molecule has 1 N–H and O–H groups in total. The fraction of sp³-hybridized carbons (Fsp3) is 0.857. The average Bonchev–Trinajstić information content (AvgIpc) is 2.34. The molecule has 58 valence electrons. The van der Waals surface area contributed by atoms with Crippen LogP contribution in [0, 0.1) is 0 Å². The van der Waals surface area contributed by atoms with Crippen LogP contribution in [-0.2, 0) is 9.53 Å². The topological polar surface area (TPSA) is 46.5 Å². The van der Waals surface area contributed by atoms with Crippen LogP contribution >= 0.6 is 0 Å². The minimum Gasteiger partial charge on any atom is -0.479 e. The summed E-state index contributed by atoms with van der Waals surface area (Å²) in [5.41, 5.74) is 0. The molecule has 0 aromatic carbocycles. The number of rotatable bonds is 2. The second-order valence-electron chi connectivity index (χ2n) is 2.57. The van der Waals surface area contributed by atoms with Crippen LogP contribution in [0.15, 0.2) is 0 Å². The van der Waals surface area contributed by atoms with E-state index in [1.54, 1.807) is 0 Å². The van der Waals surface area contributed by atoms with Gasteiger partial charge in [-0.05, 0) is 19.3 Å². The second kappa shape index (κ2) is 3.01. The van der Waals surface area contributed by atoms with Crippen molar-refractivity contribution in [1.29, 1.82) is 0 Å². The molecule has 1 saturated heterocycles. The van der Waals surface area contributed by atoms with Crippen molar-refractivity contribution in [2.75, 3.05) is 0 Å². The summed E-state index contributed by atoms with van der Waals surface area (Å²) >= 11 is 0. The van der Waals surface area contributed by atoms with E-state index in [4.69, 9.17) is 9.84 Å². The van der Waals surface area contributed by atoms with Crippen molar-refractivity contribution in [3.63, 3.8) is 0 Å². The highest BCUT2D eigenvalue weighted by molar-refractivity contribution is 5.72. The lowest BCUT2D eigenvalue weighted by atomic mass is 10.2. The lowest BCUT2D eigenvalue weighted by Gasteiger charge is -2.06. The van der Waals surface area contributed by atoms with Gasteiger partial charge in [-0.3, -0.25) is 0 Å². The van der Waals surface area contributed by atoms with Gasteiger partial charge < -0.3 is 9.84 Å². The first-order valence-corrected chi connectivity index (χ1v) is 3.62. The first-order valence-electron chi connectivity index (χ1n) is 3.62. The van der Waals surface area contributed by atoms with Crippen molar-refractivity contribution in [3.8, 4) is 0 Å². The Labute approximate surface area is 60.0 Å². The van der Waals surface area contributed by atoms with Crippen LogP contribution in [0.5, 0.6) is 0 Å². The molecule has 10 heavy (non-hydrogen) atoms. The van der Waals surface area contributed by atoms with E-state index in [1.165, 1.54) is 0 Å². The molecule has 1 rings (SSSR count). The van der Waals surface area contributed by atoms with E-state index in [-0.39, 0.29) is 6.10 Å². The number of carboxylic acids is 1. The van der Waals surface area contributed by atoms with Gasteiger partial charge in [0.1, 0.15) is 0 Å². The van der Waals surface area contributed by atoms with Gasteiger partial charge >= 0.3 is 5.97 Å². The molecule has 0 spiro atoms. The summed E-state index contributed by atoms with van der Waals surface area (Å²) in [5.74, 6) is -0.823. The lowest BCUT2D eigenvalue weighted by molar-refractivity contribution is -0.149. The first kappa shape index (κ1) is 7.54. The van der Waals surface area contributed by atoms with Gasteiger partial charge in [-0.1, -0.05) is 6.92 Å². The monoisotopic (exact) mass is 144 g/mol. The highest BCUT2D eigenvalue weighted by Gasteiger charge is 2.28. The third-order valence-electron chi connectivity index (χ3n) is 1.84. The number of carboxylic acid groups (broad SMARTS) is 1. The molecule has 0 amide bonds. The van der Waals surface area contributed by atoms with Gasteiger partial charge in [0.2, 0.25) is 0 Å². The molecular weight excluding hydrogens is 132 g/mol. The van der Waals surface area contributed by atoms with Crippen LogP contribution in [0.1, 0.15) is 26.2 Å². The van der Waals surface area contributed by atoms with Crippen LogP contribution in [0.4, 0.5) is 0 Å². The average molecular weight is 144 g/mol. The largest absolute Gasteiger partial charge is 0.479 e. The highest BCUT2D eigenvalue weighted by atomic mass is 16.5. The molecule has 0 aliphatic carbocycles. The van der Waals surface area contributed by atoms with E-state index >= 15 is 0 Å². The predicted molar refractivity (Wildman–Crippen MR) is 35.8 cm³/mol. The van der Waals surface area contributed by atoms with E-state index in [1.807, 2.05) is 6.92 Å². The molecule has 0 aromatic rings. The van der Waals surface area contributed by atoms with E-state index in [0.717, 1.165) is 12.8 Å². The summed E-state index contributed by atoms with van der Waals surface area (Å²) in [7, 11) is 0. The molecule has 1 heterocycles. The van der Waals surface area contributed by atoms with E-state index in [0.29, 0.717) is 6.42 Å². The van der Waals surface area contributed by atoms with Gasteiger partial charge in [-0.2, -0.15) is 0 Å². The summed E-state index contributed by atoms with van der Waals surface area (Å²) in [5, 5.41) is 8.50. The summed E-state index contributed by atoms with van der Waals surface area (Å²) in [4.78, 5) is 10.3. The smallest absolute Gasteiger partial charge is 0.332 e. The van der Waals surface area contributed by atoms with E-state index in [2.05, 4.69) is 0 Å². The zero-order valence-electron chi connectivity index (χ0n) is 6.04. The zero-order valence-corrected chi connectivity index (χ0v) is 6.04. The third-order valence-corrected chi connectivity index (χ3v) is 1.84. The molecule has 2 unspecified atom stereocenters. The second-order valence-corrected chi connectivity index (χ2v) is 2.57.